The van der Waals surface area contributed by atoms with Crippen LogP contribution in [0.15, 0.2) is 6.20 Å². The summed E-state index contributed by atoms with van der Waals surface area (Å²) in [7, 11) is 0. The van der Waals surface area contributed by atoms with Crippen LogP contribution in [0.2, 0.25) is 5.28 Å². The van der Waals surface area contributed by atoms with Crippen LogP contribution in [0.1, 0.15) is 18.9 Å². The Morgan fingerprint density at radius 2 is 1.91 bits per heavy atom. The Kier molecular flexibility index (Phi) is 3.05. The van der Waals surface area contributed by atoms with Gasteiger partial charge in [-0.1, -0.05) is 0 Å². The number of nitrogens with zero attached hydrogens (tertiary/aromatic N) is 5. The maximum absolute atomic E-state index is 6.20. The summed E-state index contributed by atoms with van der Waals surface area (Å²) in [5.41, 5.74) is 1.16. The minimum absolute atomic E-state index is 0.284. The number of rotatable bonds is 2. The predicted octanol–water partition coefficient (Wildman–Crippen LogP) is 1.67. The molecule has 8 heteroatoms. The van der Waals surface area contributed by atoms with E-state index >= 15 is 0 Å². The van der Waals surface area contributed by atoms with Gasteiger partial charge in [-0.05, 0) is 24.4 Å². The fourth-order valence-corrected chi connectivity index (χ4v) is 3.97. The summed E-state index contributed by atoms with van der Waals surface area (Å²) in [4.78, 5) is 11.2. The largest absolute Gasteiger partial charge is 0.381 e. The van der Waals surface area contributed by atoms with Gasteiger partial charge in [0.1, 0.15) is 5.82 Å². The number of halogens is 1. The Labute approximate surface area is 138 Å². The Hall–Kier alpha value is -1.44. The van der Waals surface area contributed by atoms with Crippen molar-refractivity contribution >= 4 is 28.5 Å². The molecule has 2 aromatic heterocycles. The molecule has 0 amide bonds. The summed E-state index contributed by atoms with van der Waals surface area (Å²) in [6, 6.07) is 0.322. The van der Waals surface area contributed by atoms with Crippen molar-refractivity contribution in [1.29, 1.82) is 0 Å². The van der Waals surface area contributed by atoms with E-state index in [1.165, 1.54) is 0 Å². The van der Waals surface area contributed by atoms with Gasteiger partial charge >= 0.3 is 0 Å². The predicted molar refractivity (Wildman–Crippen MR) is 84.9 cm³/mol. The van der Waals surface area contributed by atoms with Crippen molar-refractivity contribution in [2.75, 3.05) is 44.4 Å². The number of ether oxygens (including phenoxy) is 2. The molecule has 1 spiro atoms. The first-order valence-corrected chi connectivity index (χ1v) is 8.43. The molecule has 0 atom stereocenters. The highest BCUT2D eigenvalue weighted by atomic mass is 35.5. The molecule has 0 aliphatic carbocycles. The molecule has 3 aliphatic rings. The number of aromatic nitrogens is 4. The number of fused-ring (bicyclic) bond motifs is 1. The highest BCUT2D eigenvalue weighted by molar-refractivity contribution is 6.28. The Morgan fingerprint density at radius 1 is 1.13 bits per heavy atom. The van der Waals surface area contributed by atoms with E-state index in [0.717, 1.165) is 69.2 Å². The first-order chi connectivity index (χ1) is 11.2. The maximum Gasteiger partial charge on any atom is 0.226 e. The standard InChI is InChI=1S/C15H18ClN5O2/c16-14-18-12(20-6-15(7-20)8-23-9-15)11-5-17-21(13(11)19-14)10-1-3-22-4-2-10/h5,10H,1-4,6-9H2. The molecule has 0 N–H and O–H groups in total. The zero-order valence-electron chi connectivity index (χ0n) is 12.7. The monoisotopic (exact) mass is 335 g/mol. The molecule has 0 bridgehead atoms. The third kappa shape index (κ3) is 2.14. The SMILES string of the molecule is Clc1nc(N2CC3(COC3)C2)c2cnn(C3CCOCC3)c2n1. The first-order valence-electron chi connectivity index (χ1n) is 8.05. The van der Waals surface area contributed by atoms with Gasteiger partial charge in [0.25, 0.3) is 0 Å². The number of hydrogen-bond acceptors (Lipinski definition) is 6. The van der Waals surface area contributed by atoms with Crippen LogP contribution in [0, 0.1) is 5.41 Å². The van der Waals surface area contributed by atoms with Gasteiger partial charge in [-0.3, -0.25) is 0 Å². The van der Waals surface area contributed by atoms with Crippen LogP contribution in [0.5, 0.6) is 0 Å². The lowest BCUT2D eigenvalue weighted by atomic mass is 9.78. The maximum atomic E-state index is 6.20. The molecule has 0 unspecified atom stereocenters. The van der Waals surface area contributed by atoms with E-state index in [2.05, 4.69) is 20.0 Å². The van der Waals surface area contributed by atoms with Crippen molar-refractivity contribution in [3.63, 3.8) is 0 Å². The van der Waals surface area contributed by atoms with Gasteiger partial charge in [-0.15, -0.1) is 0 Å². The Balaban J connectivity index is 1.51. The third-order valence-electron chi connectivity index (χ3n) is 5.11. The fraction of sp³-hybridized carbons (Fsp3) is 0.667. The van der Waals surface area contributed by atoms with Gasteiger partial charge in [0, 0.05) is 26.3 Å². The molecule has 122 valence electrons. The van der Waals surface area contributed by atoms with Gasteiger partial charge in [0.2, 0.25) is 5.28 Å². The second-order valence-electron chi connectivity index (χ2n) is 6.84. The van der Waals surface area contributed by atoms with Crippen molar-refractivity contribution < 1.29 is 9.47 Å². The van der Waals surface area contributed by atoms with Crippen LogP contribution in [-0.2, 0) is 9.47 Å². The zero-order chi connectivity index (χ0) is 15.4. The number of hydrogen-bond donors (Lipinski definition) is 0. The number of anilines is 1. The summed E-state index contributed by atoms with van der Waals surface area (Å²) in [6.07, 6.45) is 3.79. The average molecular weight is 336 g/mol. The molecular weight excluding hydrogens is 318 g/mol. The van der Waals surface area contributed by atoms with Crippen LogP contribution < -0.4 is 4.90 Å². The summed E-state index contributed by atoms with van der Waals surface area (Å²) in [5.74, 6) is 0.899. The van der Waals surface area contributed by atoms with Crippen molar-refractivity contribution in [1.82, 2.24) is 19.7 Å². The molecule has 5 heterocycles. The van der Waals surface area contributed by atoms with Crippen molar-refractivity contribution in [3.8, 4) is 0 Å². The molecule has 23 heavy (non-hydrogen) atoms. The first kappa shape index (κ1) is 13.9. The topological polar surface area (TPSA) is 65.3 Å². The third-order valence-corrected chi connectivity index (χ3v) is 5.28. The average Bonchev–Trinajstić information content (AvgIpc) is 2.89. The Bertz CT molecular complexity index is 746. The zero-order valence-corrected chi connectivity index (χ0v) is 13.5. The van der Waals surface area contributed by atoms with Gasteiger partial charge in [0.05, 0.1) is 36.3 Å². The smallest absolute Gasteiger partial charge is 0.226 e. The van der Waals surface area contributed by atoms with Crippen molar-refractivity contribution in [3.05, 3.63) is 11.5 Å². The minimum atomic E-state index is 0.284. The lowest BCUT2D eigenvalue weighted by Crippen LogP contribution is -2.66. The summed E-state index contributed by atoms with van der Waals surface area (Å²) in [5, 5.41) is 5.85. The lowest BCUT2D eigenvalue weighted by Gasteiger charge is -2.55. The minimum Gasteiger partial charge on any atom is -0.381 e. The van der Waals surface area contributed by atoms with Crippen LogP contribution >= 0.6 is 11.6 Å². The van der Waals surface area contributed by atoms with E-state index in [9.17, 15) is 0 Å². The normalized spacial score (nSPS) is 24.0. The molecule has 0 saturated carbocycles. The van der Waals surface area contributed by atoms with Crippen LogP contribution in [0.4, 0.5) is 5.82 Å². The molecule has 2 aromatic rings. The summed E-state index contributed by atoms with van der Waals surface area (Å²) in [6.45, 7) is 5.19. The summed E-state index contributed by atoms with van der Waals surface area (Å²) >= 11 is 6.20. The molecule has 3 fully saturated rings. The molecule has 3 aliphatic heterocycles. The van der Waals surface area contributed by atoms with Crippen molar-refractivity contribution in [2.24, 2.45) is 5.41 Å². The van der Waals surface area contributed by atoms with Gasteiger partial charge in [-0.2, -0.15) is 15.1 Å². The van der Waals surface area contributed by atoms with Crippen molar-refractivity contribution in [2.45, 2.75) is 18.9 Å². The van der Waals surface area contributed by atoms with Crippen LogP contribution in [0.25, 0.3) is 11.0 Å². The Morgan fingerprint density at radius 3 is 2.61 bits per heavy atom. The second kappa shape index (κ2) is 5.03. The van der Waals surface area contributed by atoms with E-state index in [-0.39, 0.29) is 5.28 Å². The van der Waals surface area contributed by atoms with Crippen LogP contribution in [0.3, 0.4) is 0 Å². The van der Waals surface area contributed by atoms with E-state index in [4.69, 9.17) is 21.1 Å². The van der Waals surface area contributed by atoms with E-state index < -0.39 is 0 Å². The highest BCUT2D eigenvalue weighted by Crippen LogP contribution is 2.41. The molecule has 3 saturated heterocycles. The molecule has 0 radical (unpaired) electrons. The second-order valence-corrected chi connectivity index (χ2v) is 7.17. The van der Waals surface area contributed by atoms with E-state index in [0.29, 0.717) is 11.5 Å². The van der Waals surface area contributed by atoms with Gasteiger partial charge < -0.3 is 14.4 Å². The van der Waals surface area contributed by atoms with Crippen LogP contribution in [-0.4, -0.2) is 59.3 Å². The van der Waals surface area contributed by atoms with E-state index in [1.807, 2.05) is 10.9 Å². The lowest BCUT2D eigenvalue weighted by molar-refractivity contribution is -0.127. The molecule has 7 nitrogen and oxygen atoms in total. The van der Waals surface area contributed by atoms with Gasteiger partial charge in [-0.25, -0.2) is 4.68 Å². The molecule has 5 rings (SSSR count). The van der Waals surface area contributed by atoms with E-state index in [1.54, 1.807) is 0 Å². The highest BCUT2D eigenvalue weighted by Gasteiger charge is 2.50. The fourth-order valence-electron chi connectivity index (χ4n) is 3.81. The molecule has 0 aromatic carbocycles. The molecular formula is C15H18ClN5O2. The summed E-state index contributed by atoms with van der Waals surface area (Å²) < 4.78 is 12.8. The quantitative estimate of drug-likeness (QED) is 0.778. The van der Waals surface area contributed by atoms with Gasteiger partial charge in [0.15, 0.2) is 5.65 Å².